The first-order valence-corrected chi connectivity index (χ1v) is 9.10. The summed E-state index contributed by atoms with van der Waals surface area (Å²) in [6.45, 7) is 0.559. The molecule has 0 aromatic heterocycles. The zero-order valence-electron chi connectivity index (χ0n) is 15.2. The number of likely N-dealkylation sites (N-methyl/N-ethyl adjacent to an activating group) is 1. The fraction of sp³-hybridized carbons (Fsp3) is 0.526. The Morgan fingerprint density at radius 3 is 2.93 bits per heavy atom. The Kier molecular flexibility index (Phi) is 4.51. The maximum atomic E-state index is 10.9. The third-order valence-corrected chi connectivity index (χ3v) is 6.49. The van der Waals surface area contributed by atoms with E-state index < -0.39 is 18.7 Å². The number of nitrogens with zero attached hydrogens (tertiary/aromatic N) is 1. The van der Waals surface area contributed by atoms with E-state index in [1.165, 1.54) is 5.56 Å². The summed E-state index contributed by atoms with van der Waals surface area (Å²) in [5, 5.41) is 27.4. The molecule has 2 bridgehead atoms. The van der Waals surface area contributed by atoms with Crippen LogP contribution in [0.15, 0.2) is 24.3 Å². The summed E-state index contributed by atoms with van der Waals surface area (Å²) in [5.74, 6) is 0.383. The van der Waals surface area contributed by atoms with Crippen LogP contribution in [0.25, 0.3) is 0 Å². The highest BCUT2D eigenvalue weighted by Crippen LogP contribution is 2.62. The molecule has 9 heteroatoms. The first-order valence-electron chi connectivity index (χ1n) is 9.10. The van der Waals surface area contributed by atoms with Crippen LogP contribution >= 0.6 is 0 Å². The van der Waals surface area contributed by atoms with Gasteiger partial charge in [0, 0.05) is 22.9 Å². The smallest absolute Gasteiger partial charge is 0.341 e. The van der Waals surface area contributed by atoms with Crippen LogP contribution in [-0.4, -0.2) is 59.5 Å². The minimum Gasteiger partial charge on any atom is -0.482 e. The van der Waals surface area contributed by atoms with Gasteiger partial charge in [0.15, 0.2) is 22.9 Å². The van der Waals surface area contributed by atoms with Gasteiger partial charge in [-0.2, -0.15) is 0 Å². The number of aliphatic hydroxyl groups excluding tert-OH is 1. The monoisotopic (exact) mass is 391 g/mol. The van der Waals surface area contributed by atoms with Crippen molar-refractivity contribution in [2.75, 3.05) is 20.2 Å². The van der Waals surface area contributed by atoms with Crippen molar-refractivity contribution in [2.45, 2.75) is 36.5 Å². The fourth-order valence-corrected chi connectivity index (χ4v) is 5.48. The number of carboxylic acids is 1. The Balaban J connectivity index is 0.000000604. The quantitative estimate of drug-likeness (QED) is 0.314. The molecule has 0 unspecified atom stereocenters. The van der Waals surface area contributed by atoms with Crippen LogP contribution in [0, 0.1) is 15.6 Å². The molecule has 150 valence electrons. The van der Waals surface area contributed by atoms with Crippen LogP contribution in [0.5, 0.6) is 11.5 Å². The topological polar surface area (TPSA) is 131 Å². The van der Waals surface area contributed by atoms with Crippen LogP contribution in [0.4, 0.5) is 0 Å². The van der Waals surface area contributed by atoms with Crippen molar-refractivity contribution in [1.82, 2.24) is 4.90 Å². The van der Waals surface area contributed by atoms with Crippen molar-refractivity contribution >= 4 is 5.97 Å². The molecule has 2 heterocycles. The number of aliphatic carboxylic acids is 1. The number of rotatable bonds is 3. The molecule has 0 radical (unpaired) electrons. The van der Waals surface area contributed by atoms with E-state index >= 15 is 0 Å². The van der Waals surface area contributed by atoms with Gasteiger partial charge in [-0.15, -0.1) is 0 Å². The molecule has 5 atom stereocenters. The highest BCUT2D eigenvalue weighted by molar-refractivity contribution is 5.69. The summed E-state index contributed by atoms with van der Waals surface area (Å²) in [5.41, 5.74) is 2.13. The van der Waals surface area contributed by atoms with Crippen LogP contribution < -0.4 is 14.7 Å². The van der Waals surface area contributed by atoms with E-state index in [0.717, 1.165) is 24.9 Å². The van der Waals surface area contributed by atoms with Crippen LogP contribution in [0.1, 0.15) is 17.5 Å². The molecular weight excluding hydrogens is 370 g/mol. The highest BCUT2D eigenvalue weighted by Gasteiger charge is 2.64. The summed E-state index contributed by atoms with van der Waals surface area (Å²) >= 11 is 0. The molecule has 2 aliphatic carbocycles. The van der Waals surface area contributed by atoms with Crippen molar-refractivity contribution in [3.63, 3.8) is 0 Å². The first kappa shape index (κ1) is 18.7. The lowest BCUT2D eigenvalue weighted by Crippen LogP contribution is -2.64. The number of aliphatic hydroxyl groups is 1. The van der Waals surface area contributed by atoms with E-state index in [9.17, 15) is 9.90 Å². The Morgan fingerprint density at radius 2 is 2.21 bits per heavy atom. The van der Waals surface area contributed by atoms with Gasteiger partial charge in [0.05, 0.1) is 0 Å². The van der Waals surface area contributed by atoms with E-state index in [1.807, 2.05) is 12.1 Å². The van der Waals surface area contributed by atoms with E-state index in [4.69, 9.17) is 24.8 Å². The number of carboxylic acid groups (broad SMARTS) is 1. The minimum absolute atomic E-state index is 0.239. The minimum atomic E-state index is -1.02. The molecule has 0 saturated carbocycles. The third kappa shape index (κ3) is 2.50. The van der Waals surface area contributed by atoms with Gasteiger partial charge in [-0.3, -0.25) is 0 Å². The number of ether oxygens (including phenoxy) is 2. The summed E-state index contributed by atoms with van der Waals surface area (Å²) in [4.78, 5) is 21.2. The van der Waals surface area contributed by atoms with Crippen molar-refractivity contribution in [2.24, 2.45) is 5.92 Å². The third-order valence-electron chi connectivity index (χ3n) is 6.49. The van der Waals surface area contributed by atoms with Gasteiger partial charge in [-0.05, 0) is 38.1 Å². The number of likely N-dealkylation sites (tertiary alicyclic amines) is 1. The normalized spacial score (nSPS) is 33.8. The summed E-state index contributed by atoms with van der Waals surface area (Å²) in [7, 11) is 2.16. The van der Waals surface area contributed by atoms with E-state index in [-0.39, 0.29) is 11.5 Å². The lowest BCUT2D eigenvalue weighted by atomic mass is 9.53. The van der Waals surface area contributed by atoms with Crippen molar-refractivity contribution in [3.05, 3.63) is 45.1 Å². The molecule has 1 aromatic rings. The highest BCUT2D eigenvalue weighted by atomic mass is 17.2. The molecule has 5 rings (SSSR count). The summed E-state index contributed by atoms with van der Waals surface area (Å²) in [6, 6.07) is 4.24. The maximum Gasteiger partial charge on any atom is 0.341 e. The molecule has 1 saturated heterocycles. The van der Waals surface area contributed by atoms with Gasteiger partial charge in [0.1, 0.15) is 12.2 Å². The zero-order valence-corrected chi connectivity index (χ0v) is 15.2. The lowest BCUT2D eigenvalue weighted by Gasteiger charge is -2.56. The van der Waals surface area contributed by atoms with Crippen LogP contribution in [0.3, 0.4) is 0 Å². The molecule has 1 aromatic carbocycles. The molecule has 4 aliphatic rings. The second-order valence-electron chi connectivity index (χ2n) is 7.66. The standard InChI is InChI=1S/C19H21NO5.O3/c1-20-7-6-19-11-3-4-13(21)18(19)25-17-14(24-9-15(22)23)5-2-10(16(17)19)8-12(11)20;1-3-2/h2-5,11-13,18,21H,6-9H2,1H3,(H,22,23);/t11-,12+,13-,18-,19-;/m0./s1. The van der Waals surface area contributed by atoms with E-state index in [1.54, 1.807) is 10.8 Å². The number of hydrogen-bond acceptors (Lipinski definition) is 7. The van der Waals surface area contributed by atoms with E-state index in [0.29, 0.717) is 23.5 Å². The number of carbonyl (C=O) groups is 1. The van der Waals surface area contributed by atoms with Gasteiger partial charge in [-0.25, -0.2) is 4.79 Å². The molecule has 28 heavy (non-hydrogen) atoms. The van der Waals surface area contributed by atoms with Gasteiger partial charge < -0.3 is 24.6 Å². The average Bonchev–Trinajstić information content (AvgIpc) is 3.01. The second kappa shape index (κ2) is 6.75. The number of piperidine rings is 1. The lowest BCUT2D eigenvalue weighted by molar-refractivity contribution is -0.284. The van der Waals surface area contributed by atoms with Gasteiger partial charge in [-0.1, -0.05) is 28.4 Å². The molecule has 2 N–H and O–H groups in total. The maximum absolute atomic E-state index is 10.9. The number of benzene rings is 1. The molecule has 1 fully saturated rings. The summed E-state index contributed by atoms with van der Waals surface area (Å²) < 4.78 is 13.5. The average molecular weight is 391 g/mol. The number of hydrogen-bond donors (Lipinski definition) is 2. The largest absolute Gasteiger partial charge is 0.482 e. The Morgan fingerprint density at radius 1 is 1.46 bits per heavy atom. The zero-order chi connectivity index (χ0) is 20.1. The van der Waals surface area contributed by atoms with Crippen LogP contribution in [0.2, 0.25) is 0 Å². The second-order valence-corrected chi connectivity index (χ2v) is 7.66. The van der Waals surface area contributed by atoms with Gasteiger partial charge >= 0.3 is 5.97 Å². The Labute approximate surface area is 160 Å². The van der Waals surface area contributed by atoms with Gasteiger partial charge in [0.2, 0.25) is 0 Å². The van der Waals surface area contributed by atoms with Crippen molar-refractivity contribution in [1.29, 1.82) is 0 Å². The fourth-order valence-electron chi connectivity index (χ4n) is 5.48. The van der Waals surface area contributed by atoms with Gasteiger partial charge in [0.25, 0.3) is 0 Å². The molecule has 1 spiro atoms. The molecule has 0 amide bonds. The molecule has 2 aliphatic heterocycles. The van der Waals surface area contributed by atoms with Crippen molar-refractivity contribution < 1.29 is 29.7 Å². The Bertz CT molecular complexity index is 839. The molecule has 9 nitrogen and oxygen atoms in total. The summed E-state index contributed by atoms with van der Waals surface area (Å²) in [6.07, 6.45) is 4.87. The van der Waals surface area contributed by atoms with Crippen molar-refractivity contribution in [3.8, 4) is 11.5 Å². The van der Waals surface area contributed by atoms with E-state index in [2.05, 4.69) is 18.0 Å². The first-order chi connectivity index (χ1) is 13.4. The predicted octanol–water partition coefficient (Wildman–Crippen LogP) is -0.166. The Hall–Kier alpha value is -2.65. The van der Waals surface area contributed by atoms with Crippen LogP contribution in [-0.2, 0) is 16.6 Å². The predicted molar refractivity (Wildman–Crippen MR) is 95.8 cm³/mol. The molecular formula is C19H21NO8. The SMILES string of the molecule is CN1CC[C@]23c4c5ccc(OCC(=O)O)c4O[C@H]2[C@@H](O)C=C[C@H]3[C@H]1C5.O=[O+][O-].